The number of amides is 2. The van der Waals surface area contributed by atoms with Crippen molar-refractivity contribution in [2.75, 3.05) is 19.6 Å². The lowest BCUT2D eigenvalue weighted by molar-refractivity contribution is -0.402. The molecule has 1 saturated carbocycles. The van der Waals surface area contributed by atoms with Gasteiger partial charge in [0.25, 0.3) is 5.91 Å². The summed E-state index contributed by atoms with van der Waals surface area (Å²) in [6.45, 7) is 1.61. The van der Waals surface area contributed by atoms with Crippen LogP contribution in [0.15, 0.2) is 16.5 Å². The second kappa shape index (κ2) is 6.86. The predicted octanol–water partition coefficient (Wildman–Crippen LogP) is 2.95. The van der Waals surface area contributed by atoms with Gasteiger partial charge in [-0.25, -0.2) is 4.79 Å². The third kappa shape index (κ3) is 3.38. The van der Waals surface area contributed by atoms with E-state index in [2.05, 4.69) is 0 Å². The highest BCUT2D eigenvalue weighted by Gasteiger charge is 2.48. The van der Waals surface area contributed by atoms with Gasteiger partial charge in [0.2, 0.25) is 0 Å². The molecule has 3 heterocycles. The van der Waals surface area contributed by atoms with E-state index in [1.54, 1.807) is 4.90 Å². The van der Waals surface area contributed by atoms with E-state index >= 15 is 0 Å². The molecular weight excluding hydrogens is 354 g/mol. The summed E-state index contributed by atoms with van der Waals surface area (Å²) < 4.78 is 10.8. The highest BCUT2D eigenvalue weighted by Crippen LogP contribution is 2.38. The van der Waals surface area contributed by atoms with Crippen LogP contribution in [0.25, 0.3) is 0 Å². The number of furan rings is 1. The van der Waals surface area contributed by atoms with E-state index in [-0.39, 0.29) is 29.4 Å². The first-order valence-electron chi connectivity index (χ1n) is 9.51. The summed E-state index contributed by atoms with van der Waals surface area (Å²) in [6, 6.07) is 2.58. The van der Waals surface area contributed by atoms with Gasteiger partial charge in [-0.1, -0.05) is 6.42 Å². The van der Waals surface area contributed by atoms with Crippen LogP contribution in [0.5, 0.6) is 0 Å². The molecule has 2 amide bonds. The zero-order valence-electron chi connectivity index (χ0n) is 15.1. The van der Waals surface area contributed by atoms with Crippen LogP contribution >= 0.6 is 0 Å². The lowest BCUT2D eigenvalue weighted by Crippen LogP contribution is -2.48. The molecule has 0 atom stereocenters. The van der Waals surface area contributed by atoms with Crippen LogP contribution in [0, 0.1) is 10.1 Å². The van der Waals surface area contributed by atoms with Crippen molar-refractivity contribution < 1.29 is 23.7 Å². The summed E-state index contributed by atoms with van der Waals surface area (Å²) in [6.07, 6.45) is 6.37. The lowest BCUT2D eigenvalue weighted by atomic mass is 9.84. The topological polar surface area (TPSA) is 106 Å². The molecule has 1 spiro atoms. The molecule has 3 aliphatic rings. The standard InChI is InChI=1S/C18H23N3O6/c22-16(14-4-5-15(26-14)21(24)25)19-10-6-13(7-11-19)20-12-18(27-17(20)23)8-2-1-3-9-18/h4-5,13H,1-3,6-12H2. The van der Waals surface area contributed by atoms with Crippen LogP contribution in [-0.2, 0) is 4.74 Å². The average Bonchev–Trinajstić information content (AvgIpc) is 3.28. The maximum atomic E-state index is 12.5. The van der Waals surface area contributed by atoms with E-state index in [1.807, 2.05) is 4.90 Å². The summed E-state index contributed by atoms with van der Waals surface area (Å²) in [4.78, 5) is 38.4. The van der Waals surface area contributed by atoms with Gasteiger partial charge < -0.3 is 19.0 Å². The summed E-state index contributed by atoms with van der Waals surface area (Å²) in [5, 5.41) is 10.7. The Bertz CT molecular complexity index is 746. The van der Waals surface area contributed by atoms with Crippen LogP contribution in [0.1, 0.15) is 55.5 Å². The Morgan fingerprint density at radius 1 is 1.19 bits per heavy atom. The highest BCUT2D eigenvalue weighted by molar-refractivity contribution is 5.91. The normalized spacial score (nSPS) is 22.9. The summed E-state index contributed by atoms with van der Waals surface area (Å²) >= 11 is 0. The molecule has 4 rings (SSSR count). The molecule has 2 saturated heterocycles. The van der Waals surface area contributed by atoms with E-state index in [0.717, 1.165) is 25.7 Å². The third-order valence-corrected chi connectivity index (χ3v) is 5.94. The van der Waals surface area contributed by atoms with Crippen LogP contribution in [-0.4, -0.2) is 58.0 Å². The number of likely N-dealkylation sites (tertiary alicyclic amines) is 1. The molecule has 2 aliphatic heterocycles. The van der Waals surface area contributed by atoms with Crippen LogP contribution in [0.4, 0.5) is 10.7 Å². The van der Waals surface area contributed by atoms with Crippen molar-refractivity contribution in [2.24, 2.45) is 0 Å². The molecule has 0 radical (unpaired) electrons. The number of nitrogens with zero attached hydrogens (tertiary/aromatic N) is 3. The zero-order valence-corrected chi connectivity index (χ0v) is 15.1. The smallest absolute Gasteiger partial charge is 0.433 e. The van der Waals surface area contributed by atoms with Crippen LogP contribution in [0.3, 0.4) is 0 Å². The maximum absolute atomic E-state index is 12.5. The number of piperidine rings is 1. The largest absolute Gasteiger partial charge is 0.441 e. The molecule has 9 heteroatoms. The number of carbonyl (C=O) groups is 2. The van der Waals surface area contributed by atoms with Gasteiger partial charge in [0, 0.05) is 19.1 Å². The number of rotatable bonds is 3. The van der Waals surface area contributed by atoms with E-state index in [4.69, 9.17) is 9.15 Å². The third-order valence-electron chi connectivity index (χ3n) is 5.94. The van der Waals surface area contributed by atoms with Crippen molar-refractivity contribution in [1.82, 2.24) is 9.80 Å². The van der Waals surface area contributed by atoms with Crippen molar-refractivity contribution >= 4 is 17.9 Å². The van der Waals surface area contributed by atoms with Crippen LogP contribution in [0.2, 0.25) is 0 Å². The Labute approximate surface area is 156 Å². The SMILES string of the molecule is O=C(c1ccc([N+](=O)[O-])o1)N1CCC(N2CC3(CCCCC3)OC2=O)CC1. The number of nitro groups is 1. The highest BCUT2D eigenvalue weighted by atomic mass is 16.6. The molecule has 0 unspecified atom stereocenters. The van der Waals surface area contributed by atoms with Crippen molar-refractivity contribution in [3.05, 3.63) is 28.0 Å². The second-order valence-electron chi connectivity index (χ2n) is 7.66. The predicted molar refractivity (Wildman–Crippen MR) is 93.3 cm³/mol. The Balaban J connectivity index is 1.35. The minimum atomic E-state index is -0.664. The first-order chi connectivity index (χ1) is 13.0. The number of hydrogen-bond acceptors (Lipinski definition) is 6. The van der Waals surface area contributed by atoms with Gasteiger partial charge >= 0.3 is 12.0 Å². The number of carbonyl (C=O) groups excluding carboxylic acids is 2. The van der Waals surface area contributed by atoms with Gasteiger partial charge in [-0.05, 0) is 44.6 Å². The Hall–Kier alpha value is -2.58. The Kier molecular flexibility index (Phi) is 4.53. The molecule has 146 valence electrons. The Morgan fingerprint density at radius 3 is 2.52 bits per heavy atom. The molecule has 3 fully saturated rings. The molecule has 0 N–H and O–H groups in total. The molecule has 1 aliphatic carbocycles. The van der Waals surface area contributed by atoms with E-state index in [1.165, 1.54) is 18.6 Å². The minimum absolute atomic E-state index is 0.0260. The zero-order chi connectivity index (χ0) is 19.0. The van der Waals surface area contributed by atoms with Crippen molar-refractivity contribution in [3.63, 3.8) is 0 Å². The molecule has 1 aromatic heterocycles. The summed E-state index contributed by atoms with van der Waals surface area (Å²) in [5.41, 5.74) is -0.310. The Morgan fingerprint density at radius 2 is 1.89 bits per heavy atom. The lowest BCUT2D eigenvalue weighted by Gasteiger charge is -2.36. The molecule has 27 heavy (non-hydrogen) atoms. The fourth-order valence-electron chi connectivity index (χ4n) is 4.46. The summed E-state index contributed by atoms with van der Waals surface area (Å²) in [7, 11) is 0. The number of hydrogen-bond donors (Lipinski definition) is 0. The monoisotopic (exact) mass is 377 g/mol. The van der Waals surface area contributed by atoms with Crippen molar-refractivity contribution in [3.8, 4) is 0 Å². The van der Waals surface area contributed by atoms with Crippen LogP contribution < -0.4 is 0 Å². The molecule has 9 nitrogen and oxygen atoms in total. The summed E-state index contributed by atoms with van der Waals surface area (Å²) in [5.74, 6) is -0.818. The minimum Gasteiger partial charge on any atom is -0.441 e. The number of ether oxygens (including phenoxy) is 1. The van der Waals surface area contributed by atoms with Gasteiger partial charge in [-0.2, -0.15) is 0 Å². The quantitative estimate of drug-likeness (QED) is 0.592. The van der Waals surface area contributed by atoms with Gasteiger partial charge in [-0.15, -0.1) is 0 Å². The fraction of sp³-hybridized carbons (Fsp3) is 0.667. The first kappa shape index (κ1) is 17.8. The van der Waals surface area contributed by atoms with E-state index in [9.17, 15) is 19.7 Å². The van der Waals surface area contributed by atoms with Gasteiger partial charge in [0.05, 0.1) is 12.6 Å². The molecular formula is C18H23N3O6. The fourth-order valence-corrected chi connectivity index (χ4v) is 4.46. The first-order valence-corrected chi connectivity index (χ1v) is 9.51. The molecule has 0 bridgehead atoms. The van der Waals surface area contributed by atoms with Gasteiger partial charge in [0.1, 0.15) is 10.5 Å². The van der Waals surface area contributed by atoms with E-state index in [0.29, 0.717) is 32.5 Å². The molecule has 0 aromatic carbocycles. The van der Waals surface area contributed by atoms with E-state index < -0.39 is 10.8 Å². The average molecular weight is 377 g/mol. The van der Waals surface area contributed by atoms with Crippen molar-refractivity contribution in [1.29, 1.82) is 0 Å². The van der Waals surface area contributed by atoms with Gasteiger partial charge in [0.15, 0.2) is 5.76 Å². The second-order valence-corrected chi connectivity index (χ2v) is 7.66. The van der Waals surface area contributed by atoms with Gasteiger partial charge in [-0.3, -0.25) is 14.9 Å². The van der Waals surface area contributed by atoms with Crippen molar-refractivity contribution in [2.45, 2.75) is 56.6 Å². The molecule has 1 aromatic rings. The maximum Gasteiger partial charge on any atom is 0.433 e.